The van der Waals surface area contributed by atoms with Crippen LogP contribution >= 0.6 is 0 Å². The number of amides is 1. The van der Waals surface area contributed by atoms with E-state index in [1.54, 1.807) is 0 Å². The van der Waals surface area contributed by atoms with Crippen LogP contribution in [0.15, 0.2) is 47.6 Å². The van der Waals surface area contributed by atoms with Crippen LogP contribution in [0.25, 0.3) is 0 Å². The Balaban J connectivity index is 1.70. The molecule has 0 heterocycles. The van der Waals surface area contributed by atoms with E-state index >= 15 is 0 Å². The van der Waals surface area contributed by atoms with Crippen molar-refractivity contribution in [3.8, 4) is 0 Å². The minimum Gasteiger partial charge on any atom is -0.267 e. The molecular formula is C19H19N3O3. The Labute approximate surface area is 145 Å². The van der Waals surface area contributed by atoms with E-state index in [0.717, 1.165) is 24.1 Å². The van der Waals surface area contributed by atoms with E-state index in [1.165, 1.54) is 48.2 Å². The minimum absolute atomic E-state index is 0.0507. The van der Waals surface area contributed by atoms with Gasteiger partial charge in [0.2, 0.25) is 0 Å². The summed E-state index contributed by atoms with van der Waals surface area (Å²) >= 11 is 0. The van der Waals surface area contributed by atoms with Gasteiger partial charge in [0, 0.05) is 17.7 Å². The molecule has 0 bridgehead atoms. The molecular weight excluding hydrogens is 318 g/mol. The van der Waals surface area contributed by atoms with Crippen LogP contribution in [0.3, 0.4) is 0 Å². The molecule has 6 nitrogen and oxygen atoms in total. The zero-order valence-electron chi connectivity index (χ0n) is 14.0. The van der Waals surface area contributed by atoms with Crippen LogP contribution in [0.2, 0.25) is 0 Å². The molecule has 0 aliphatic heterocycles. The molecule has 0 radical (unpaired) electrons. The summed E-state index contributed by atoms with van der Waals surface area (Å²) in [6, 6.07) is 11.7. The fourth-order valence-electron chi connectivity index (χ4n) is 2.96. The predicted molar refractivity (Wildman–Crippen MR) is 95.9 cm³/mol. The molecule has 128 valence electrons. The Kier molecular flexibility index (Phi) is 4.88. The first-order valence-electron chi connectivity index (χ1n) is 8.26. The largest absolute Gasteiger partial charge is 0.271 e. The fraction of sp³-hybridized carbons (Fsp3) is 0.263. The highest BCUT2D eigenvalue weighted by Gasteiger charge is 2.11. The maximum absolute atomic E-state index is 12.1. The fourth-order valence-corrected chi connectivity index (χ4v) is 2.96. The third kappa shape index (κ3) is 3.91. The van der Waals surface area contributed by atoms with Crippen LogP contribution in [-0.4, -0.2) is 16.5 Å². The van der Waals surface area contributed by atoms with Crippen molar-refractivity contribution >= 4 is 17.3 Å². The van der Waals surface area contributed by atoms with E-state index in [-0.39, 0.29) is 5.69 Å². The number of carbonyl (C=O) groups excluding carboxylic acids is 1. The Morgan fingerprint density at radius 2 is 1.68 bits per heavy atom. The van der Waals surface area contributed by atoms with Crippen molar-refractivity contribution in [1.29, 1.82) is 0 Å². The van der Waals surface area contributed by atoms with E-state index in [2.05, 4.69) is 22.7 Å². The Bertz CT molecular complexity index is 841. The van der Waals surface area contributed by atoms with Gasteiger partial charge < -0.3 is 0 Å². The van der Waals surface area contributed by atoms with Gasteiger partial charge in [0.15, 0.2) is 0 Å². The summed E-state index contributed by atoms with van der Waals surface area (Å²) < 4.78 is 0. The summed E-state index contributed by atoms with van der Waals surface area (Å²) in [6.07, 6.45) is 4.67. The number of non-ortho nitro benzene ring substituents is 1. The molecule has 0 atom stereocenters. The lowest BCUT2D eigenvalue weighted by Gasteiger charge is -2.16. The van der Waals surface area contributed by atoms with Crippen molar-refractivity contribution < 1.29 is 9.72 Å². The molecule has 1 N–H and O–H groups in total. The van der Waals surface area contributed by atoms with Crippen LogP contribution in [0.1, 0.15) is 46.8 Å². The molecule has 25 heavy (non-hydrogen) atoms. The van der Waals surface area contributed by atoms with E-state index in [9.17, 15) is 14.9 Å². The molecule has 1 aliphatic rings. The van der Waals surface area contributed by atoms with Crippen LogP contribution in [0.5, 0.6) is 0 Å². The third-order valence-electron chi connectivity index (χ3n) is 4.43. The number of fused-ring (bicyclic) bond motifs is 1. The number of rotatable bonds is 4. The van der Waals surface area contributed by atoms with Crippen molar-refractivity contribution in [2.24, 2.45) is 5.10 Å². The summed E-state index contributed by atoms with van der Waals surface area (Å²) in [4.78, 5) is 22.2. The molecule has 0 spiro atoms. The number of carbonyl (C=O) groups is 1. The van der Waals surface area contributed by atoms with Gasteiger partial charge in [-0.2, -0.15) is 5.10 Å². The second kappa shape index (κ2) is 7.25. The maximum atomic E-state index is 12.1. The van der Waals surface area contributed by atoms with Gasteiger partial charge in [0.25, 0.3) is 11.6 Å². The molecule has 0 aromatic heterocycles. The molecule has 3 rings (SSSR count). The van der Waals surface area contributed by atoms with Crippen molar-refractivity contribution in [1.82, 2.24) is 5.43 Å². The standard InChI is InChI=1S/C19H19N3O3/c1-13(16-7-6-14-4-2-3-5-17(14)12-16)20-21-19(23)15-8-10-18(11-9-15)22(24)25/h6-12H,2-5H2,1H3,(H,21,23)/b20-13-. The molecule has 1 amide bonds. The van der Waals surface area contributed by atoms with Crippen LogP contribution < -0.4 is 5.43 Å². The highest BCUT2D eigenvalue weighted by molar-refractivity contribution is 6.01. The van der Waals surface area contributed by atoms with Gasteiger partial charge in [-0.25, -0.2) is 5.43 Å². The zero-order valence-corrected chi connectivity index (χ0v) is 14.0. The van der Waals surface area contributed by atoms with Crippen molar-refractivity contribution in [3.05, 3.63) is 74.8 Å². The van der Waals surface area contributed by atoms with Gasteiger partial charge in [0.05, 0.1) is 10.6 Å². The molecule has 0 fully saturated rings. The normalized spacial score (nSPS) is 13.9. The molecule has 6 heteroatoms. The van der Waals surface area contributed by atoms with E-state index in [4.69, 9.17) is 0 Å². The number of nitrogens with one attached hydrogen (secondary N) is 1. The first-order valence-corrected chi connectivity index (χ1v) is 8.26. The second-order valence-electron chi connectivity index (χ2n) is 6.13. The number of nitro groups is 1. The average molecular weight is 337 g/mol. The lowest BCUT2D eigenvalue weighted by Crippen LogP contribution is -2.19. The quantitative estimate of drug-likeness (QED) is 0.525. The zero-order chi connectivity index (χ0) is 17.8. The monoisotopic (exact) mass is 337 g/mol. The topological polar surface area (TPSA) is 84.6 Å². The summed E-state index contributed by atoms with van der Waals surface area (Å²) in [6.45, 7) is 1.85. The summed E-state index contributed by atoms with van der Waals surface area (Å²) in [7, 11) is 0. The Morgan fingerprint density at radius 3 is 2.36 bits per heavy atom. The number of aryl methyl sites for hydroxylation is 2. The van der Waals surface area contributed by atoms with Gasteiger partial charge in [-0.3, -0.25) is 14.9 Å². The number of benzene rings is 2. The molecule has 0 saturated carbocycles. The SMILES string of the molecule is C/C(=N/NC(=O)c1ccc([N+](=O)[O-])cc1)c1ccc2c(c1)CCCC2. The van der Waals surface area contributed by atoms with Crippen molar-refractivity contribution in [3.63, 3.8) is 0 Å². The van der Waals surface area contributed by atoms with Crippen molar-refractivity contribution in [2.75, 3.05) is 0 Å². The van der Waals surface area contributed by atoms with E-state index in [1.807, 2.05) is 13.0 Å². The lowest BCUT2D eigenvalue weighted by atomic mass is 9.90. The van der Waals surface area contributed by atoms with Gasteiger partial charge in [-0.15, -0.1) is 0 Å². The molecule has 0 saturated heterocycles. The summed E-state index contributed by atoms with van der Waals surface area (Å²) in [5.74, 6) is -0.396. The van der Waals surface area contributed by atoms with Gasteiger partial charge in [-0.05, 0) is 67.5 Å². The van der Waals surface area contributed by atoms with Crippen molar-refractivity contribution in [2.45, 2.75) is 32.6 Å². The smallest absolute Gasteiger partial charge is 0.267 e. The van der Waals surface area contributed by atoms with Gasteiger partial charge in [-0.1, -0.05) is 12.1 Å². The molecule has 2 aromatic carbocycles. The Hall–Kier alpha value is -3.02. The number of hydrogen-bond acceptors (Lipinski definition) is 4. The predicted octanol–water partition coefficient (Wildman–Crippen LogP) is 3.63. The van der Waals surface area contributed by atoms with Crippen LogP contribution in [0, 0.1) is 10.1 Å². The summed E-state index contributed by atoms with van der Waals surface area (Å²) in [5, 5.41) is 14.8. The molecule has 0 unspecified atom stereocenters. The van der Waals surface area contributed by atoms with Crippen LogP contribution in [-0.2, 0) is 12.8 Å². The number of hydrogen-bond donors (Lipinski definition) is 1. The van der Waals surface area contributed by atoms with E-state index in [0.29, 0.717) is 5.56 Å². The van der Waals surface area contributed by atoms with Gasteiger partial charge >= 0.3 is 0 Å². The number of nitrogens with zero attached hydrogens (tertiary/aromatic N) is 2. The number of hydrazone groups is 1. The summed E-state index contributed by atoms with van der Waals surface area (Å²) in [5.41, 5.74) is 7.26. The number of nitro benzene ring substituents is 1. The minimum atomic E-state index is -0.500. The molecule has 2 aromatic rings. The average Bonchev–Trinajstić information content (AvgIpc) is 2.65. The highest BCUT2D eigenvalue weighted by atomic mass is 16.6. The Morgan fingerprint density at radius 1 is 1.04 bits per heavy atom. The van der Waals surface area contributed by atoms with E-state index < -0.39 is 10.8 Å². The van der Waals surface area contributed by atoms with Crippen LogP contribution in [0.4, 0.5) is 5.69 Å². The third-order valence-corrected chi connectivity index (χ3v) is 4.43. The lowest BCUT2D eigenvalue weighted by molar-refractivity contribution is -0.384. The van der Waals surface area contributed by atoms with Gasteiger partial charge in [0.1, 0.15) is 0 Å². The second-order valence-corrected chi connectivity index (χ2v) is 6.13. The highest BCUT2D eigenvalue weighted by Crippen LogP contribution is 2.22. The first kappa shape index (κ1) is 16.8. The first-order chi connectivity index (χ1) is 12.0. The maximum Gasteiger partial charge on any atom is 0.271 e. The molecule has 1 aliphatic carbocycles.